The second kappa shape index (κ2) is 3.40. The van der Waals surface area contributed by atoms with Crippen molar-refractivity contribution in [1.29, 1.82) is 5.26 Å². The Morgan fingerprint density at radius 1 is 1.75 bits per heavy atom. The van der Waals surface area contributed by atoms with Crippen molar-refractivity contribution in [3.63, 3.8) is 0 Å². The molecule has 1 atom stereocenters. The first-order valence-electron chi connectivity index (χ1n) is 3.92. The molecule has 1 aliphatic rings. The van der Waals surface area contributed by atoms with E-state index in [1.54, 1.807) is 0 Å². The number of allylic oxidation sites excluding steroid dienone is 1. The van der Waals surface area contributed by atoms with Crippen LogP contribution >= 0.6 is 0 Å². The largest absolute Gasteiger partial charge is 0.465 e. The molecule has 0 aromatic carbocycles. The average Bonchev–Trinajstić information content (AvgIpc) is 2.09. The molecular formula is C9H11NO2. The van der Waals surface area contributed by atoms with Crippen LogP contribution < -0.4 is 0 Å². The number of nitriles is 1. The zero-order valence-corrected chi connectivity index (χ0v) is 7.26. The van der Waals surface area contributed by atoms with Crippen molar-refractivity contribution in [3.8, 4) is 6.07 Å². The van der Waals surface area contributed by atoms with Crippen LogP contribution in [0.4, 0.5) is 0 Å². The number of carbonyl (C=O) groups excluding carboxylic acids is 1. The zero-order chi connectivity index (χ0) is 9.14. The van der Waals surface area contributed by atoms with Crippen molar-refractivity contribution < 1.29 is 9.53 Å². The first kappa shape index (κ1) is 8.79. The van der Waals surface area contributed by atoms with Gasteiger partial charge >= 0.3 is 5.97 Å². The number of nitrogens with zero attached hydrogens (tertiary/aromatic N) is 1. The second-order valence-electron chi connectivity index (χ2n) is 2.94. The Morgan fingerprint density at radius 3 is 2.67 bits per heavy atom. The lowest BCUT2D eigenvalue weighted by atomic mass is 9.78. The first-order chi connectivity index (χ1) is 5.70. The van der Waals surface area contributed by atoms with Crippen LogP contribution in [-0.2, 0) is 9.53 Å². The number of rotatable bonds is 1. The molecule has 64 valence electrons. The molecule has 3 nitrogen and oxygen atoms in total. The minimum atomic E-state index is -0.501. The Hall–Kier alpha value is -1.30. The molecule has 1 rings (SSSR count). The molecule has 0 spiro atoms. The van der Waals surface area contributed by atoms with Gasteiger partial charge in [0.15, 0.2) is 0 Å². The van der Waals surface area contributed by atoms with Crippen LogP contribution in [0.3, 0.4) is 0 Å². The summed E-state index contributed by atoms with van der Waals surface area (Å²) in [6, 6.07) is 1.89. The smallest absolute Gasteiger partial charge is 0.348 e. The Morgan fingerprint density at radius 2 is 2.42 bits per heavy atom. The van der Waals surface area contributed by atoms with E-state index in [0.717, 1.165) is 18.4 Å². The highest BCUT2D eigenvalue weighted by Crippen LogP contribution is 2.35. The maximum atomic E-state index is 11.0. The molecule has 0 radical (unpaired) electrons. The first-order valence-corrected chi connectivity index (χ1v) is 3.92. The van der Waals surface area contributed by atoms with Crippen LogP contribution in [0.1, 0.15) is 19.8 Å². The minimum Gasteiger partial charge on any atom is -0.465 e. The summed E-state index contributed by atoms with van der Waals surface area (Å²) in [5.74, 6) is -0.127. The van der Waals surface area contributed by atoms with Gasteiger partial charge in [0.2, 0.25) is 0 Å². The Kier molecular flexibility index (Phi) is 2.49. The molecule has 1 unspecified atom stereocenters. The Balaban J connectivity index is 2.89. The maximum Gasteiger partial charge on any atom is 0.348 e. The third kappa shape index (κ3) is 1.33. The average molecular weight is 165 g/mol. The van der Waals surface area contributed by atoms with E-state index in [1.165, 1.54) is 7.11 Å². The van der Waals surface area contributed by atoms with E-state index in [4.69, 9.17) is 5.26 Å². The molecule has 0 bridgehead atoms. The van der Waals surface area contributed by atoms with Gasteiger partial charge in [-0.15, -0.1) is 0 Å². The highest BCUT2D eigenvalue weighted by atomic mass is 16.5. The van der Waals surface area contributed by atoms with E-state index in [0.29, 0.717) is 5.92 Å². The van der Waals surface area contributed by atoms with Gasteiger partial charge in [0.25, 0.3) is 0 Å². The van der Waals surface area contributed by atoms with E-state index in [9.17, 15) is 4.79 Å². The molecule has 0 aromatic heterocycles. The van der Waals surface area contributed by atoms with Crippen molar-refractivity contribution in [2.75, 3.05) is 7.11 Å². The monoisotopic (exact) mass is 165 g/mol. The van der Waals surface area contributed by atoms with Crippen LogP contribution in [0, 0.1) is 17.2 Å². The third-order valence-electron chi connectivity index (χ3n) is 2.26. The number of hydrogen-bond acceptors (Lipinski definition) is 3. The van der Waals surface area contributed by atoms with Crippen molar-refractivity contribution in [1.82, 2.24) is 0 Å². The fourth-order valence-electron chi connectivity index (χ4n) is 1.30. The molecule has 0 saturated heterocycles. The fraction of sp³-hybridized carbons (Fsp3) is 0.556. The van der Waals surface area contributed by atoms with Gasteiger partial charge in [0.05, 0.1) is 7.11 Å². The van der Waals surface area contributed by atoms with Gasteiger partial charge in [-0.05, 0) is 24.3 Å². The van der Waals surface area contributed by atoms with E-state index < -0.39 is 5.97 Å². The highest BCUT2D eigenvalue weighted by molar-refractivity contribution is 5.93. The molecule has 0 heterocycles. The van der Waals surface area contributed by atoms with E-state index >= 15 is 0 Å². The molecule has 0 amide bonds. The Labute approximate surface area is 71.6 Å². The summed E-state index contributed by atoms with van der Waals surface area (Å²) in [4.78, 5) is 11.0. The molecule has 3 heteroatoms. The summed E-state index contributed by atoms with van der Waals surface area (Å²) in [5, 5.41) is 8.67. The van der Waals surface area contributed by atoms with Crippen molar-refractivity contribution in [2.45, 2.75) is 19.8 Å². The predicted molar refractivity (Wildman–Crippen MR) is 43.1 cm³/mol. The molecule has 12 heavy (non-hydrogen) atoms. The summed E-state index contributed by atoms with van der Waals surface area (Å²) in [7, 11) is 1.30. The lowest BCUT2D eigenvalue weighted by Crippen LogP contribution is -2.18. The molecular weight excluding hydrogens is 154 g/mol. The number of ether oxygens (including phenoxy) is 1. The van der Waals surface area contributed by atoms with Gasteiger partial charge in [0.1, 0.15) is 11.6 Å². The lowest BCUT2D eigenvalue weighted by Gasteiger charge is -2.26. The molecule has 1 fully saturated rings. The number of methoxy groups -OCH3 is 1. The van der Waals surface area contributed by atoms with E-state index in [2.05, 4.69) is 4.74 Å². The van der Waals surface area contributed by atoms with Crippen molar-refractivity contribution in [2.24, 2.45) is 5.92 Å². The van der Waals surface area contributed by atoms with Crippen LogP contribution in [0.5, 0.6) is 0 Å². The van der Waals surface area contributed by atoms with Gasteiger partial charge in [-0.25, -0.2) is 4.79 Å². The number of esters is 1. The Bertz CT molecular complexity index is 273. The van der Waals surface area contributed by atoms with Crippen LogP contribution in [0.25, 0.3) is 0 Å². The van der Waals surface area contributed by atoms with Gasteiger partial charge < -0.3 is 4.74 Å². The maximum absolute atomic E-state index is 11.0. The standard InChI is InChI=1S/C9H11NO2/c1-6-3-4-7(6)8(5-10)9(11)12-2/h6H,3-4H2,1-2H3/b8-7-. The van der Waals surface area contributed by atoms with Gasteiger partial charge in [-0.1, -0.05) is 6.92 Å². The zero-order valence-electron chi connectivity index (χ0n) is 7.26. The molecule has 1 saturated carbocycles. The fourth-order valence-corrected chi connectivity index (χ4v) is 1.30. The summed E-state index contributed by atoms with van der Waals surface area (Å²) in [5.41, 5.74) is 1.15. The minimum absolute atomic E-state index is 0.205. The normalized spacial score (nSPS) is 25.2. The van der Waals surface area contributed by atoms with Gasteiger partial charge in [0, 0.05) is 0 Å². The SMILES string of the molecule is COC(=O)/C(C#N)=C1/CCC1C. The molecule has 1 aliphatic carbocycles. The van der Waals surface area contributed by atoms with Crippen LogP contribution in [0.15, 0.2) is 11.1 Å². The van der Waals surface area contributed by atoms with Crippen LogP contribution in [-0.4, -0.2) is 13.1 Å². The molecule has 0 aliphatic heterocycles. The third-order valence-corrected chi connectivity index (χ3v) is 2.26. The summed E-state index contributed by atoms with van der Waals surface area (Å²) in [6.45, 7) is 2.01. The quantitative estimate of drug-likeness (QED) is 0.335. The summed E-state index contributed by atoms with van der Waals surface area (Å²) < 4.78 is 4.49. The predicted octanol–water partition coefficient (Wildman–Crippen LogP) is 1.41. The lowest BCUT2D eigenvalue weighted by molar-refractivity contribution is -0.135. The van der Waals surface area contributed by atoms with Gasteiger partial charge in [-0.3, -0.25) is 0 Å². The highest BCUT2D eigenvalue weighted by Gasteiger charge is 2.26. The van der Waals surface area contributed by atoms with E-state index in [-0.39, 0.29) is 5.57 Å². The van der Waals surface area contributed by atoms with E-state index in [1.807, 2.05) is 13.0 Å². The topological polar surface area (TPSA) is 50.1 Å². The summed E-state index contributed by atoms with van der Waals surface area (Å²) >= 11 is 0. The molecule has 0 aromatic rings. The molecule has 0 N–H and O–H groups in total. The van der Waals surface area contributed by atoms with Crippen molar-refractivity contribution >= 4 is 5.97 Å². The van der Waals surface area contributed by atoms with Crippen LogP contribution in [0.2, 0.25) is 0 Å². The number of carbonyl (C=O) groups is 1. The second-order valence-corrected chi connectivity index (χ2v) is 2.94. The number of hydrogen-bond donors (Lipinski definition) is 0. The van der Waals surface area contributed by atoms with Crippen molar-refractivity contribution in [3.05, 3.63) is 11.1 Å². The summed E-state index contributed by atoms with van der Waals surface area (Å²) in [6.07, 6.45) is 1.93. The van der Waals surface area contributed by atoms with Gasteiger partial charge in [-0.2, -0.15) is 5.26 Å².